The van der Waals surface area contributed by atoms with Gasteiger partial charge in [0.15, 0.2) is 0 Å². The zero-order valence-electron chi connectivity index (χ0n) is 21.7. The van der Waals surface area contributed by atoms with Crippen LogP contribution in [0, 0.1) is 0 Å². The third kappa shape index (κ3) is 6.02. The number of rotatable bonds is 10. The second-order valence-corrected chi connectivity index (χ2v) is 10.7. The summed E-state index contributed by atoms with van der Waals surface area (Å²) in [6.07, 6.45) is 7.46. The quantitative estimate of drug-likeness (QED) is 0.399. The number of ether oxygens (including phenoxy) is 1. The van der Waals surface area contributed by atoms with Crippen LogP contribution in [0.4, 0.5) is 0 Å². The van der Waals surface area contributed by atoms with Crippen molar-refractivity contribution in [3.05, 3.63) is 77.0 Å². The van der Waals surface area contributed by atoms with Gasteiger partial charge in [-0.3, -0.25) is 4.79 Å². The highest BCUT2D eigenvalue weighted by atomic mass is 16.5. The monoisotopic (exact) mass is 463 g/mol. The van der Waals surface area contributed by atoms with Gasteiger partial charge in [-0.25, -0.2) is 0 Å². The minimum Gasteiger partial charge on any atom is -0.489 e. The van der Waals surface area contributed by atoms with Gasteiger partial charge in [0.05, 0.1) is 12.5 Å². The van der Waals surface area contributed by atoms with E-state index >= 15 is 0 Å². The molecule has 2 aromatic carbocycles. The van der Waals surface area contributed by atoms with E-state index in [1.54, 1.807) is 0 Å². The number of aliphatic carboxylic acids is 1. The Bertz CT molecular complexity index is 1000. The molecule has 1 N–H and O–H groups in total. The van der Waals surface area contributed by atoms with Crippen LogP contribution in [-0.2, 0) is 22.2 Å². The van der Waals surface area contributed by atoms with E-state index in [9.17, 15) is 9.90 Å². The second kappa shape index (κ2) is 10.7. The van der Waals surface area contributed by atoms with Crippen LogP contribution < -0.4 is 4.74 Å². The van der Waals surface area contributed by atoms with Crippen molar-refractivity contribution in [2.24, 2.45) is 0 Å². The number of carbonyl (C=O) groups is 1. The highest BCUT2D eigenvalue weighted by Gasteiger charge is 2.36. The van der Waals surface area contributed by atoms with Crippen LogP contribution in [0.5, 0.6) is 5.75 Å². The van der Waals surface area contributed by atoms with Crippen molar-refractivity contribution in [2.45, 2.75) is 90.7 Å². The molecular formula is C30H41NO3. The van der Waals surface area contributed by atoms with Gasteiger partial charge in [-0.1, -0.05) is 71.0 Å². The fourth-order valence-electron chi connectivity index (χ4n) is 4.94. The van der Waals surface area contributed by atoms with Gasteiger partial charge >= 0.3 is 5.97 Å². The summed E-state index contributed by atoms with van der Waals surface area (Å²) in [6.45, 7) is 14.8. The SMILES string of the molecule is CC/C=C\N(CC)C(CC(=O)O)c1ccc(OCc2ccc3c(c2)C(C)(C)CCC3(C)C)cc1. The summed E-state index contributed by atoms with van der Waals surface area (Å²) in [6, 6.07) is 14.5. The lowest BCUT2D eigenvalue weighted by molar-refractivity contribution is -0.138. The Morgan fingerprint density at radius 3 is 2.26 bits per heavy atom. The van der Waals surface area contributed by atoms with Crippen LogP contribution >= 0.6 is 0 Å². The van der Waals surface area contributed by atoms with Gasteiger partial charge in [-0.2, -0.15) is 0 Å². The molecule has 0 saturated heterocycles. The number of fused-ring (bicyclic) bond motifs is 1. The molecule has 0 spiro atoms. The molecule has 1 atom stereocenters. The Balaban J connectivity index is 1.74. The van der Waals surface area contributed by atoms with Crippen molar-refractivity contribution in [1.29, 1.82) is 0 Å². The summed E-state index contributed by atoms with van der Waals surface area (Å²) < 4.78 is 6.13. The first-order chi connectivity index (χ1) is 16.1. The van der Waals surface area contributed by atoms with Crippen molar-refractivity contribution in [2.75, 3.05) is 6.54 Å². The number of carboxylic acids is 1. The molecular weight excluding hydrogens is 422 g/mol. The topological polar surface area (TPSA) is 49.8 Å². The largest absolute Gasteiger partial charge is 0.489 e. The summed E-state index contributed by atoms with van der Waals surface area (Å²) in [5.74, 6) is -0.00512. The number of benzene rings is 2. The molecule has 0 saturated carbocycles. The Morgan fingerprint density at radius 2 is 1.68 bits per heavy atom. The lowest BCUT2D eigenvalue weighted by Crippen LogP contribution is -2.33. The number of nitrogens with zero attached hydrogens (tertiary/aromatic N) is 1. The van der Waals surface area contributed by atoms with Crippen molar-refractivity contribution in [3.63, 3.8) is 0 Å². The van der Waals surface area contributed by atoms with E-state index in [1.165, 1.54) is 29.5 Å². The molecule has 4 nitrogen and oxygen atoms in total. The van der Waals surface area contributed by atoms with Crippen molar-refractivity contribution < 1.29 is 14.6 Å². The van der Waals surface area contributed by atoms with Crippen LogP contribution in [-0.4, -0.2) is 22.5 Å². The fraction of sp³-hybridized carbons (Fsp3) is 0.500. The molecule has 0 fully saturated rings. The Morgan fingerprint density at radius 1 is 1.03 bits per heavy atom. The van der Waals surface area contributed by atoms with Gasteiger partial charge in [0.2, 0.25) is 0 Å². The first-order valence-electron chi connectivity index (χ1n) is 12.6. The average molecular weight is 464 g/mol. The van der Waals surface area contributed by atoms with Gasteiger partial charge in [-0.15, -0.1) is 0 Å². The first-order valence-corrected chi connectivity index (χ1v) is 12.6. The molecule has 3 rings (SSSR count). The Hall–Kier alpha value is -2.75. The lowest BCUT2D eigenvalue weighted by Gasteiger charge is -2.42. The molecule has 1 aliphatic carbocycles. The molecule has 0 aliphatic heterocycles. The minimum atomic E-state index is -0.799. The van der Waals surface area contributed by atoms with Crippen LogP contribution in [0.1, 0.15) is 95.5 Å². The van der Waals surface area contributed by atoms with Gasteiger partial charge in [0.25, 0.3) is 0 Å². The number of hydrogen-bond donors (Lipinski definition) is 1. The molecule has 0 amide bonds. The number of carboxylic acid groups (broad SMARTS) is 1. The highest BCUT2D eigenvalue weighted by Crippen LogP contribution is 2.46. The van der Waals surface area contributed by atoms with E-state index < -0.39 is 5.97 Å². The maximum atomic E-state index is 11.5. The Kier molecular flexibility index (Phi) is 8.12. The predicted octanol–water partition coefficient (Wildman–Crippen LogP) is 7.38. The normalized spacial score (nSPS) is 17.2. The summed E-state index contributed by atoms with van der Waals surface area (Å²) in [5, 5.41) is 9.46. The molecule has 2 aromatic rings. The smallest absolute Gasteiger partial charge is 0.305 e. The highest BCUT2D eigenvalue weighted by molar-refractivity contribution is 5.68. The standard InChI is InChI=1S/C30H41NO3/c1-7-9-18-31(8-2)27(20-28(32)33)23-11-13-24(14-12-23)34-21-22-10-15-25-26(19-22)30(5,6)17-16-29(25,3)4/h9-15,18-19,27H,7-8,16-17,20-21H2,1-6H3,(H,32,33)/b18-9-. The molecule has 4 heteroatoms. The van der Waals surface area contributed by atoms with Crippen molar-refractivity contribution in [3.8, 4) is 5.75 Å². The van der Waals surface area contributed by atoms with E-state index in [-0.39, 0.29) is 23.3 Å². The van der Waals surface area contributed by atoms with E-state index in [0.29, 0.717) is 6.61 Å². The van der Waals surface area contributed by atoms with Gasteiger partial charge in [0.1, 0.15) is 12.4 Å². The van der Waals surface area contributed by atoms with Crippen LogP contribution in [0.25, 0.3) is 0 Å². The molecule has 0 bridgehead atoms. The van der Waals surface area contributed by atoms with Gasteiger partial charge in [-0.05, 0) is 77.6 Å². The average Bonchev–Trinajstić information content (AvgIpc) is 2.80. The summed E-state index contributed by atoms with van der Waals surface area (Å²) in [7, 11) is 0. The molecule has 1 unspecified atom stereocenters. The van der Waals surface area contributed by atoms with E-state index in [0.717, 1.165) is 24.3 Å². The summed E-state index contributed by atoms with van der Waals surface area (Å²) in [5.41, 5.74) is 5.45. The maximum absolute atomic E-state index is 11.5. The van der Waals surface area contributed by atoms with E-state index in [4.69, 9.17) is 4.74 Å². The van der Waals surface area contributed by atoms with Crippen LogP contribution in [0.15, 0.2) is 54.7 Å². The maximum Gasteiger partial charge on any atom is 0.305 e. The summed E-state index contributed by atoms with van der Waals surface area (Å²) >= 11 is 0. The molecule has 1 aliphatic rings. The zero-order chi connectivity index (χ0) is 24.9. The number of hydrogen-bond acceptors (Lipinski definition) is 3. The second-order valence-electron chi connectivity index (χ2n) is 10.7. The van der Waals surface area contributed by atoms with E-state index in [2.05, 4.69) is 63.8 Å². The third-order valence-electron chi connectivity index (χ3n) is 7.25. The van der Waals surface area contributed by atoms with Crippen LogP contribution in [0.2, 0.25) is 0 Å². The van der Waals surface area contributed by atoms with E-state index in [1.807, 2.05) is 37.4 Å². The van der Waals surface area contributed by atoms with Gasteiger partial charge < -0.3 is 14.7 Å². The van der Waals surface area contributed by atoms with Crippen molar-refractivity contribution >= 4 is 5.97 Å². The van der Waals surface area contributed by atoms with Gasteiger partial charge in [0, 0.05) is 6.54 Å². The van der Waals surface area contributed by atoms with Crippen LogP contribution in [0.3, 0.4) is 0 Å². The first kappa shape index (κ1) is 25.9. The predicted molar refractivity (Wildman–Crippen MR) is 139 cm³/mol. The van der Waals surface area contributed by atoms with Crippen molar-refractivity contribution in [1.82, 2.24) is 4.90 Å². The molecule has 0 heterocycles. The Labute approximate surface area is 205 Å². The third-order valence-corrected chi connectivity index (χ3v) is 7.25. The molecule has 0 aromatic heterocycles. The minimum absolute atomic E-state index is 0.0589. The fourth-order valence-corrected chi connectivity index (χ4v) is 4.94. The summed E-state index contributed by atoms with van der Waals surface area (Å²) in [4.78, 5) is 13.6. The molecule has 34 heavy (non-hydrogen) atoms. The lowest BCUT2D eigenvalue weighted by atomic mass is 9.63. The number of allylic oxidation sites excluding steroid dienone is 1. The molecule has 184 valence electrons. The molecule has 0 radical (unpaired) electrons. The zero-order valence-corrected chi connectivity index (χ0v) is 21.7.